The minimum Gasteiger partial charge on any atom is -0.444 e. The molecule has 1 aliphatic rings. The zero-order chi connectivity index (χ0) is 14.0. The summed E-state index contributed by atoms with van der Waals surface area (Å²) in [7, 11) is 0. The lowest BCUT2D eigenvalue weighted by Gasteiger charge is -2.24. The van der Waals surface area contributed by atoms with Crippen molar-refractivity contribution < 1.29 is 14.6 Å². The first-order valence-electron chi connectivity index (χ1n) is 6.27. The predicted octanol–water partition coefficient (Wildman–Crippen LogP) is 1.31. The van der Waals surface area contributed by atoms with Gasteiger partial charge < -0.3 is 14.7 Å². The SMILES string of the molecule is CC(C)(C)OC(=O)N1C[C@@H](Cc2cnsn2)[C@H](O)C1. The molecule has 0 aliphatic carbocycles. The summed E-state index contributed by atoms with van der Waals surface area (Å²) in [5.41, 5.74) is 0.346. The number of rotatable bonds is 2. The van der Waals surface area contributed by atoms with Gasteiger partial charge in [0.05, 0.1) is 36.3 Å². The maximum absolute atomic E-state index is 11.9. The molecule has 6 nitrogen and oxygen atoms in total. The lowest BCUT2D eigenvalue weighted by atomic mass is 10.0. The highest BCUT2D eigenvalue weighted by atomic mass is 32.1. The van der Waals surface area contributed by atoms with Crippen LogP contribution in [0.3, 0.4) is 0 Å². The molecule has 0 unspecified atom stereocenters. The number of nitrogens with zero attached hydrogens (tertiary/aromatic N) is 3. The highest BCUT2D eigenvalue weighted by Gasteiger charge is 2.36. The zero-order valence-corrected chi connectivity index (χ0v) is 12.2. The van der Waals surface area contributed by atoms with Crippen LogP contribution in [0.2, 0.25) is 0 Å². The van der Waals surface area contributed by atoms with Crippen molar-refractivity contribution in [1.29, 1.82) is 0 Å². The predicted molar refractivity (Wildman–Crippen MR) is 70.9 cm³/mol. The smallest absolute Gasteiger partial charge is 0.410 e. The lowest BCUT2D eigenvalue weighted by Crippen LogP contribution is -2.35. The Bertz CT molecular complexity index is 430. The van der Waals surface area contributed by atoms with Crippen molar-refractivity contribution in [2.75, 3.05) is 13.1 Å². The van der Waals surface area contributed by atoms with Crippen LogP contribution in [-0.2, 0) is 11.2 Å². The van der Waals surface area contributed by atoms with Crippen LogP contribution < -0.4 is 0 Å². The molecule has 2 atom stereocenters. The molecule has 2 rings (SSSR count). The molecule has 1 aromatic heterocycles. The van der Waals surface area contributed by atoms with Crippen LogP contribution in [0.15, 0.2) is 6.20 Å². The maximum Gasteiger partial charge on any atom is 0.410 e. The Morgan fingerprint density at radius 3 is 2.89 bits per heavy atom. The van der Waals surface area contributed by atoms with Crippen molar-refractivity contribution in [1.82, 2.24) is 13.6 Å². The normalized spacial score (nSPS) is 23.7. The van der Waals surface area contributed by atoms with E-state index < -0.39 is 11.7 Å². The molecule has 0 bridgehead atoms. The largest absolute Gasteiger partial charge is 0.444 e. The van der Waals surface area contributed by atoms with Crippen LogP contribution in [0.4, 0.5) is 4.79 Å². The molecular formula is C12H19N3O3S. The molecule has 0 spiro atoms. The summed E-state index contributed by atoms with van der Waals surface area (Å²) in [6.07, 6.45) is 1.43. The van der Waals surface area contributed by atoms with E-state index in [9.17, 15) is 9.90 Å². The van der Waals surface area contributed by atoms with E-state index in [1.54, 1.807) is 11.1 Å². The number of β-amino-alcohol motifs (C(OH)–C–C–N with tert-alkyl or cyclic N) is 1. The Labute approximate surface area is 116 Å². The standard InChI is InChI=1S/C12H19N3O3S/c1-12(2,3)18-11(17)15-6-8(10(16)7-15)4-9-5-13-19-14-9/h5,8,10,16H,4,6-7H2,1-3H3/t8-,10-/m1/s1. The van der Waals surface area contributed by atoms with Crippen molar-refractivity contribution in [3.63, 3.8) is 0 Å². The van der Waals surface area contributed by atoms with Gasteiger partial charge in [-0.05, 0) is 27.2 Å². The first kappa shape index (κ1) is 14.2. The highest BCUT2D eigenvalue weighted by molar-refractivity contribution is 6.99. The summed E-state index contributed by atoms with van der Waals surface area (Å²) < 4.78 is 13.4. The average Bonchev–Trinajstić information content (AvgIpc) is 2.88. The van der Waals surface area contributed by atoms with Gasteiger partial charge in [0, 0.05) is 12.5 Å². The Kier molecular flexibility index (Phi) is 4.05. The van der Waals surface area contributed by atoms with E-state index in [-0.39, 0.29) is 12.0 Å². The van der Waals surface area contributed by atoms with Gasteiger partial charge in [0.2, 0.25) is 0 Å². The molecule has 1 amide bonds. The van der Waals surface area contributed by atoms with Gasteiger partial charge in [0.15, 0.2) is 0 Å². The van der Waals surface area contributed by atoms with E-state index in [0.717, 1.165) is 17.4 Å². The van der Waals surface area contributed by atoms with Crippen molar-refractivity contribution in [2.24, 2.45) is 5.92 Å². The summed E-state index contributed by atoms with van der Waals surface area (Å²) in [6.45, 7) is 6.30. The van der Waals surface area contributed by atoms with E-state index in [1.807, 2.05) is 20.8 Å². The Morgan fingerprint density at radius 1 is 1.58 bits per heavy atom. The molecule has 7 heteroatoms. The highest BCUT2D eigenvalue weighted by Crippen LogP contribution is 2.22. The maximum atomic E-state index is 11.9. The molecule has 1 aliphatic heterocycles. The fourth-order valence-electron chi connectivity index (χ4n) is 2.07. The number of carbonyl (C=O) groups excluding carboxylic acids is 1. The number of aliphatic hydroxyl groups excluding tert-OH is 1. The van der Waals surface area contributed by atoms with Gasteiger partial charge >= 0.3 is 6.09 Å². The van der Waals surface area contributed by atoms with E-state index in [0.29, 0.717) is 19.5 Å². The minimum atomic E-state index is -0.533. The number of likely N-dealkylation sites (tertiary alicyclic amines) is 1. The summed E-state index contributed by atoms with van der Waals surface area (Å²) in [5.74, 6) is -0.00332. The molecule has 19 heavy (non-hydrogen) atoms. The van der Waals surface area contributed by atoms with Crippen molar-refractivity contribution in [3.05, 3.63) is 11.9 Å². The Morgan fingerprint density at radius 2 is 2.32 bits per heavy atom. The minimum absolute atomic E-state index is 0.00332. The van der Waals surface area contributed by atoms with Crippen LogP contribution in [0.25, 0.3) is 0 Å². The topological polar surface area (TPSA) is 75.5 Å². The molecule has 106 valence electrons. The van der Waals surface area contributed by atoms with E-state index in [1.165, 1.54) is 0 Å². The van der Waals surface area contributed by atoms with Crippen molar-refractivity contribution >= 4 is 17.8 Å². The van der Waals surface area contributed by atoms with Crippen molar-refractivity contribution in [3.8, 4) is 0 Å². The van der Waals surface area contributed by atoms with Gasteiger partial charge in [0.1, 0.15) is 5.60 Å². The van der Waals surface area contributed by atoms with Gasteiger partial charge in [-0.25, -0.2) is 4.79 Å². The third-order valence-electron chi connectivity index (χ3n) is 2.94. The molecular weight excluding hydrogens is 266 g/mol. The monoisotopic (exact) mass is 285 g/mol. The number of amides is 1. The van der Waals surface area contributed by atoms with Crippen LogP contribution in [-0.4, -0.2) is 49.6 Å². The van der Waals surface area contributed by atoms with Crippen LogP contribution in [0.5, 0.6) is 0 Å². The third kappa shape index (κ3) is 3.87. The number of carbonyl (C=O) groups is 1. The Hall–Kier alpha value is -1.21. The number of aliphatic hydroxyl groups is 1. The molecule has 0 saturated carbocycles. The fourth-order valence-corrected chi connectivity index (χ4v) is 2.52. The van der Waals surface area contributed by atoms with Gasteiger partial charge in [-0.1, -0.05) is 0 Å². The van der Waals surface area contributed by atoms with Gasteiger partial charge in [-0.15, -0.1) is 0 Å². The number of aromatic nitrogens is 2. The van der Waals surface area contributed by atoms with Crippen molar-refractivity contribution in [2.45, 2.75) is 38.9 Å². The molecule has 1 aromatic rings. The van der Waals surface area contributed by atoms with Gasteiger partial charge in [-0.2, -0.15) is 8.75 Å². The average molecular weight is 285 g/mol. The molecule has 0 radical (unpaired) electrons. The third-order valence-corrected chi connectivity index (χ3v) is 3.45. The molecule has 1 saturated heterocycles. The van der Waals surface area contributed by atoms with Crippen LogP contribution >= 0.6 is 11.7 Å². The molecule has 1 fully saturated rings. The summed E-state index contributed by atoms with van der Waals surface area (Å²) in [4.78, 5) is 13.5. The lowest BCUT2D eigenvalue weighted by molar-refractivity contribution is 0.0269. The van der Waals surface area contributed by atoms with Crippen LogP contribution in [0, 0.1) is 5.92 Å². The summed E-state index contributed by atoms with van der Waals surface area (Å²) >= 11 is 1.15. The summed E-state index contributed by atoms with van der Waals surface area (Å²) in [5, 5.41) is 10.0. The first-order valence-corrected chi connectivity index (χ1v) is 7.00. The van der Waals surface area contributed by atoms with Gasteiger partial charge in [-0.3, -0.25) is 0 Å². The molecule has 0 aromatic carbocycles. The van der Waals surface area contributed by atoms with E-state index in [4.69, 9.17) is 4.74 Å². The number of ether oxygens (including phenoxy) is 1. The summed E-state index contributed by atoms with van der Waals surface area (Å²) in [6, 6.07) is 0. The molecule has 1 N–H and O–H groups in total. The second-order valence-corrected chi connectivity index (χ2v) is 6.37. The quantitative estimate of drug-likeness (QED) is 0.886. The fraction of sp³-hybridized carbons (Fsp3) is 0.750. The zero-order valence-electron chi connectivity index (χ0n) is 11.4. The van der Waals surface area contributed by atoms with Crippen LogP contribution in [0.1, 0.15) is 26.5 Å². The van der Waals surface area contributed by atoms with Gasteiger partial charge in [0.25, 0.3) is 0 Å². The number of hydrogen-bond donors (Lipinski definition) is 1. The second kappa shape index (κ2) is 5.42. The Balaban J connectivity index is 1.91. The first-order chi connectivity index (χ1) is 8.85. The second-order valence-electron chi connectivity index (χ2n) is 5.82. The van der Waals surface area contributed by atoms with E-state index >= 15 is 0 Å². The van der Waals surface area contributed by atoms with E-state index in [2.05, 4.69) is 8.75 Å². The number of hydrogen-bond acceptors (Lipinski definition) is 6. The molecule has 2 heterocycles.